The van der Waals surface area contributed by atoms with E-state index in [1.54, 1.807) is 49.8 Å². The first-order valence-electron chi connectivity index (χ1n) is 9.46. The summed E-state index contributed by atoms with van der Waals surface area (Å²) in [4.78, 5) is 25.0. The highest BCUT2D eigenvalue weighted by molar-refractivity contribution is 5.94. The van der Waals surface area contributed by atoms with Crippen LogP contribution in [-0.2, 0) is 0 Å². The van der Waals surface area contributed by atoms with Crippen LogP contribution in [0, 0.1) is 0 Å². The lowest BCUT2D eigenvalue weighted by molar-refractivity contribution is 0.0747. The number of carbonyl (C=O) groups excluding carboxylic acids is 1. The Hall–Kier alpha value is -3.61. The van der Waals surface area contributed by atoms with E-state index in [2.05, 4.69) is 14.9 Å². The molecule has 2 heterocycles. The average Bonchev–Trinajstić information content (AvgIpc) is 2.80. The number of carbonyl (C=O) groups is 1. The van der Waals surface area contributed by atoms with Gasteiger partial charge < -0.3 is 19.3 Å². The first-order valence-corrected chi connectivity index (χ1v) is 9.46. The Bertz CT molecular complexity index is 938. The fourth-order valence-corrected chi connectivity index (χ4v) is 3.25. The highest BCUT2D eigenvalue weighted by Crippen LogP contribution is 2.22. The molecule has 1 aliphatic rings. The quantitative estimate of drug-likeness (QED) is 0.666. The minimum absolute atomic E-state index is 0.0295. The van der Waals surface area contributed by atoms with Crippen molar-refractivity contribution in [2.24, 2.45) is 0 Å². The minimum Gasteiger partial charge on any atom is -0.497 e. The maximum absolute atomic E-state index is 12.8. The summed E-state index contributed by atoms with van der Waals surface area (Å²) in [7, 11) is 1.66. The largest absolute Gasteiger partial charge is 0.497 e. The van der Waals surface area contributed by atoms with Crippen LogP contribution in [0.3, 0.4) is 0 Å². The number of piperazine rings is 1. The summed E-state index contributed by atoms with van der Waals surface area (Å²) < 4.78 is 10.8. The van der Waals surface area contributed by atoms with Crippen molar-refractivity contribution in [3.63, 3.8) is 0 Å². The molecule has 0 aliphatic carbocycles. The lowest BCUT2D eigenvalue weighted by atomic mass is 10.1. The van der Waals surface area contributed by atoms with E-state index in [1.807, 2.05) is 29.2 Å². The van der Waals surface area contributed by atoms with Crippen LogP contribution in [0.1, 0.15) is 10.4 Å². The Morgan fingerprint density at radius 1 is 0.862 bits per heavy atom. The topological polar surface area (TPSA) is 67.8 Å². The van der Waals surface area contributed by atoms with Gasteiger partial charge in [-0.2, -0.15) is 0 Å². The van der Waals surface area contributed by atoms with Crippen molar-refractivity contribution in [2.75, 3.05) is 38.2 Å². The van der Waals surface area contributed by atoms with Gasteiger partial charge in [0.15, 0.2) is 0 Å². The van der Waals surface area contributed by atoms with E-state index in [0.717, 1.165) is 24.5 Å². The van der Waals surface area contributed by atoms with E-state index in [1.165, 1.54) is 0 Å². The highest BCUT2D eigenvalue weighted by atomic mass is 16.5. The summed E-state index contributed by atoms with van der Waals surface area (Å²) in [6, 6.07) is 17.1. The van der Waals surface area contributed by atoms with Gasteiger partial charge in [0.1, 0.15) is 11.5 Å². The SMILES string of the molecule is COc1ccc(N2CCN(C(=O)c3ccc(Oc4ncccn4)cc3)CC2)cc1. The molecule has 0 saturated carbocycles. The number of hydrogen-bond acceptors (Lipinski definition) is 6. The summed E-state index contributed by atoms with van der Waals surface area (Å²) >= 11 is 0. The molecular formula is C22H22N4O3. The van der Waals surface area contributed by atoms with Crippen LogP contribution in [0.2, 0.25) is 0 Å². The normalized spacial score (nSPS) is 13.8. The van der Waals surface area contributed by atoms with Crippen molar-refractivity contribution >= 4 is 11.6 Å². The van der Waals surface area contributed by atoms with Gasteiger partial charge in [-0.05, 0) is 54.6 Å². The maximum atomic E-state index is 12.8. The van der Waals surface area contributed by atoms with Crippen LogP contribution in [0.4, 0.5) is 5.69 Å². The Morgan fingerprint density at radius 3 is 2.10 bits per heavy atom. The zero-order valence-electron chi connectivity index (χ0n) is 16.2. The summed E-state index contributed by atoms with van der Waals surface area (Å²) in [6.07, 6.45) is 3.23. The predicted octanol–water partition coefficient (Wildman–Crippen LogP) is 3.24. The summed E-state index contributed by atoms with van der Waals surface area (Å²) in [5.74, 6) is 1.47. The van der Waals surface area contributed by atoms with Gasteiger partial charge in [-0.3, -0.25) is 4.79 Å². The van der Waals surface area contributed by atoms with E-state index >= 15 is 0 Å². The molecule has 0 unspecified atom stereocenters. The molecule has 1 aromatic heterocycles. The molecule has 4 rings (SSSR count). The zero-order chi connectivity index (χ0) is 20.1. The maximum Gasteiger partial charge on any atom is 0.321 e. The first-order chi connectivity index (χ1) is 14.2. The highest BCUT2D eigenvalue weighted by Gasteiger charge is 2.22. The van der Waals surface area contributed by atoms with Crippen LogP contribution in [-0.4, -0.2) is 54.1 Å². The van der Waals surface area contributed by atoms with E-state index in [0.29, 0.717) is 24.4 Å². The fraction of sp³-hybridized carbons (Fsp3) is 0.227. The van der Waals surface area contributed by atoms with Crippen molar-refractivity contribution in [2.45, 2.75) is 0 Å². The number of methoxy groups -OCH3 is 1. The Labute approximate surface area is 169 Å². The molecule has 1 amide bonds. The molecular weight excluding hydrogens is 368 g/mol. The molecule has 3 aromatic rings. The van der Waals surface area contributed by atoms with E-state index in [-0.39, 0.29) is 11.9 Å². The number of ether oxygens (including phenoxy) is 2. The second-order valence-electron chi connectivity index (χ2n) is 6.64. The van der Waals surface area contributed by atoms with Crippen molar-refractivity contribution in [1.29, 1.82) is 0 Å². The van der Waals surface area contributed by atoms with Crippen LogP contribution in [0.5, 0.6) is 17.5 Å². The third-order valence-electron chi connectivity index (χ3n) is 4.86. The number of benzene rings is 2. The standard InChI is InChI=1S/C22H22N4O3/c1-28-19-9-5-18(6-10-19)25-13-15-26(16-14-25)21(27)17-3-7-20(8-4-17)29-22-23-11-2-12-24-22/h2-12H,13-16H2,1H3. The molecule has 148 valence electrons. The molecule has 0 atom stereocenters. The van der Waals surface area contributed by atoms with Crippen LogP contribution in [0.25, 0.3) is 0 Å². The van der Waals surface area contributed by atoms with Crippen LogP contribution < -0.4 is 14.4 Å². The summed E-state index contributed by atoms with van der Waals surface area (Å²) in [5, 5.41) is 0. The molecule has 1 saturated heterocycles. The van der Waals surface area contributed by atoms with Gasteiger partial charge in [0.25, 0.3) is 5.91 Å². The van der Waals surface area contributed by atoms with Gasteiger partial charge in [-0.15, -0.1) is 0 Å². The molecule has 0 spiro atoms. The molecule has 0 bridgehead atoms. The van der Waals surface area contributed by atoms with Crippen LogP contribution in [0.15, 0.2) is 67.0 Å². The molecule has 1 fully saturated rings. The zero-order valence-corrected chi connectivity index (χ0v) is 16.2. The second-order valence-corrected chi connectivity index (χ2v) is 6.64. The van der Waals surface area contributed by atoms with Crippen molar-refractivity contribution in [1.82, 2.24) is 14.9 Å². The first kappa shape index (κ1) is 18.7. The van der Waals surface area contributed by atoms with E-state index in [4.69, 9.17) is 9.47 Å². The number of amides is 1. The Balaban J connectivity index is 1.34. The molecule has 7 heteroatoms. The number of aromatic nitrogens is 2. The third-order valence-corrected chi connectivity index (χ3v) is 4.86. The third kappa shape index (κ3) is 4.45. The lowest BCUT2D eigenvalue weighted by Gasteiger charge is -2.36. The number of hydrogen-bond donors (Lipinski definition) is 0. The molecule has 7 nitrogen and oxygen atoms in total. The monoisotopic (exact) mass is 390 g/mol. The van der Waals surface area contributed by atoms with Gasteiger partial charge >= 0.3 is 6.01 Å². The van der Waals surface area contributed by atoms with E-state index in [9.17, 15) is 4.79 Å². The van der Waals surface area contributed by atoms with Crippen LogP contribution >= 0.6 is 0 Å². The molecule has 29 heavy (non-hydrogen) atoms. The number of rotatable bonds is 5. The molecule has 1 aliphatic heterocycles. The smallest absolute Gasteiger partial charge is 0.321 e. The minimum atomic E-state index is 0.0295. The summed E-state index contributed by atoms with van der Waals surface area (Å²) in [6.45, 7) is 2.96. The average molecular weight is 390 g/mol. The van der Waals surface area contributed by atoms with Gasteiger partial charge in [0.05, 0.1) is 7.11 Å². The fourth-order valence-electron chi connectivity index (χ4n) is 3.25. The Morgan fingerprint density at radius 2 is 1.48 bits per heavy atom. The Kier molecular flexibility index (Phi) is 5.56. The van der Waals surface area contributed by atoms with Crippen molar-refractivity contribution in [3.8, 4) is 17.5 Å². The number of anilines is 1. The number of nitrogens with zero attached hydrogens (tertiary/aromatic N) is 4. The lowest BCUT2D eigenvalue weighted by Crippen LogP contribution is -2.48. The summed E-state index contributed by atoms with van der Waals surface area (Å²) in [5.41, 5.74) is 1.78. The van der Waals surface area contributed by atoms with Gasteiger partial charge in [0, 0.05) is 49.8 Å². The van der Waals surface area contributed by atoms with Gasteiger partial charge in [-0.25, -0.2) is 9.97 Å². The molecule has 0 N–H and O–H groups in total. The molecule has 2 aromatic carbocycles. The predicted molar refractivity (Wildman–Crippen MR) is 110 cm³/mol. The van der Waals surface area contributed by atoms with E-state index < -0.39 is 0 Å². The van der Waals surface area contributed by atoms with Crippen molar-refractivity contribution in [3.05, 3.63) is 72.6 Å². The van der Waals surface area contributed by atoms with Gasteiger partial charge in [-0.1, -0.05) is 0 Å². The second kappa shape index (κ2) is 8.60. The van der Waals surface area contributed by atoms with Gasteiger partial charge in [0.2, 0.25) is 0 Å². The van der Waals surface area contributed by atoms with Crippen molar-refractivity contribution < 1.29 is 14.3 Å². The molecule has 0 radical (unpaired) electrons.